The maximum Gasteiger partial charge on any atom is 0.0645 e. The third-order valence-electron chi connectivity index (χ3n) is 4.00. The van der Waals surface area contributed by atoms with Gasteiger partial charge in [-0.3, -0.25) is 4.68 Å². The van der Waals surface area contributed by atoms with Crippen molar-refractivity contribution in [1.29, 1.82) is 0 Å². The lowest BCUT2D eigenvalue weighted by Crippen LogP contribution is -2.07. The molecule has 0 atom stereocenters. The van der Waals surface area contributed by atoms with Gasteiger partial charge >= 0.3 is 0 Å². The molecule has 0 saturated carbocycles. The number of nitrogens with two attached hydrogens (primary N) is 1. The Morgan fingerprint density at radius 3 is 2.71 bits per heavy atom. The molecule has 2 N–H and O–H groups in total. The normalized spacial score (nSPS) is 11.4. The highest BCUT2D eigenvalue weighted by atomic mass is 15.3. The average molecular weight is 282 g/mol. The van der Waals surface area contributed by atoms with E-state index in [-0.39, 0.29) is 0 Å². The molecule has 3 aromatic rings. The lowest BCUT2D eigenvalue weighted by atomic mass is 10.2. The first-order chi connectivity index (χ1) is 10.3. The Kier molecular flexibility index (Phi) is 3.80. The van der Waals surface area contributed by atoms with Crippen molar-refractivity contribution in [3.63, 3.8) is 0 Å². The molecule has 0 aliphatic rings. The molecule has 110 valence electrons. The summed E-state index contributed by atoms with van der Waals surface area (Å²) in [5.41, 5.74) is 10.7. The zero-order valence-electron chi connectivity index (χ0n) is 12.7. The van der Waals surface area contributed by atoms with Gasteiger partial charge in [0.2, 0.25) is 0 Å². The highest BCUT2D eigenvalue weighted by Gasteiger charge is 2.10. The van der Waals surface area contributed by atoms with Crippen LogP contribution in [0.15, 0.2) is 36.5 Å². The van der Waals surface area contributed by atoms with E-state index in [1.165, 1.54) is 22.2 Å². The fourth-order valence-electron chi connectivity index (χ4n) is 2.88. The molecule has 0 saturated heterocycles. The number of para-hydroxylation sites is 1. The van der Waals surface area contributed by atoms with Crippen molar-refractivity contribution < 1.29 is 0 Å². The molecule has 0 aliphatic carbocycles. The van der Waals surface area contributed by atoms with Gasteiger partial charge in [-0.1, -0.05) is 25.1 Å². The van der Waals surface area contributed by atoms with Crippen LogP contribution in [0.4, 0.5) is 0 Å². The third-order valence-corrected chi connectivity index (χ3v) is 4.00. The first-order valence-electron chi connectivity index (χ1n) is 7.59. The first kappa shape index (κ1) is 13.9. The second kappa shape index (κ2) is 5.74. The number of rotatable bonds is 5. The maximum atomic E-state index is 5.87. The lowest BCUT2D eigenvalue weighted by Gasteiger charge is -2.07. The van der Waals surface area contributed by atoms with Crippen LogP contribution in [0.1, 0.15) is 30.8 Å². The van der Waals surface area contributed by atoms with Gasteiger partial charge in [0.15, 0.2) is 0 Å². The number of aromatic nitrogens is 3. The third kappa shape index (κ3) is 2.47. The molecule has 0 radical (unpaired) electrons. The largest absolute Gasteiger partial charge is 0.341 e. The molecule has 4 heteroatoms. The number of nitrogens with zero attached hydrogens (tertiary/aromatic N) is 3. The zero-order chi connectivity index (χ0) is 14.8. The minimum atomic E-state index is 0.570. The Bertz CT molecular complexity index is 751. The molecule has 1 aromatic carbocycles. The lowest BCUT2D eigenvalue weighted by molar-refractivity contribution is 0.599. The van der Waals surface area contributed by atoms with Crippen molar-refractivity contribution in [1.82, 2.24) is 14.3 Å². The molecule has 0 aliphatic heterocycles. The monoisotopic (exact) mass is 282 g/mol. The minimum Gasteiger partial charge on any atom is -0.341 e. The fourth-order valence-corrected chi connectivity index (χ4v) is 2.88. The van der Waals surface area contributed by atoms with Gasteiger partial charge < -0.3 is 10.3 Å². The Balaban J connectivity index is 2.04. The second-order valence-electron chi connectivity index (χ2n) is 5.30. The standard InChI is InChI=1S/C17H22N4/c1-3-14-9-15(21(4-2)19-14)12-20-11-13(10-18)16-7-5-6-8-17(16)20/h5-9,11H,3-4,10,12,18H2,1-2H3. The fraction of sp³-hybridized carbons (Fsp3) is 0.353. The van der Waals surface area contributed by atoms with Crippen LogP contribution in [0.2, 0.25) is 0 Å². The zero-order valence-corrected chi connectivity index (χ0v) is 12.7. The summed E-state index contributed by atoms with van der Waals surface area (Å²) in [6.07, 6.45) is 3.14. The minimum absolute atomic E-state index is 0.570. The predicted molar refractivity (Wildman–Crippen MR) is 86.2 cm³/mol. The molecule has 3 rings (SSSR count). The highest BCUT2D eigenvalue weighted by Crippen LogP contribution is 2.22. The van der Waals surface area contributed by atoms with E-state index < -0.39 is 0 Å². The van der Waals surface area contributed by atoms with Crippen LogP contribution in [-0.4, -0.2) is 14.3 Å². The van der Waals surface area contributed by atoms with Crippen LogP contribution < -0.4 is 5.73 Å². The summed E-state index contributed by atoms with van der Waals surface area (Å²) >= 11 is 0. The summed E-state index contributed by atoms with van der Waals surface area (Å²) in [7, 11) is 0. The Labute approximate surface area is 125 Å². The van der Waals surface area contributed by atoms with E-state index in [0.29, 0.717) is 6.54 Å². The number of aryl methyl sites for hydroxylation is 2. The SMILES string of the molecule is CCc1cc(Cn2cc(CN)c3ccccc32)n(CC)n1. The van der Waals surface area contributed by atoms with Gasteiger partial charge in [0, 0.05) is 30.2 Å². The van der Waals surface area contributed by atoms with E-state index >= 15 is 0 Å². The average Bonchev–Trinajstić information content (AvgIpc) is 3.09. The Morgan fingerprint density at radius 2 is 2.00 bits per heavy atom. The predicted octanol–water partition coefficient (Wildman–Crippen LogP) is 2.93. The number of hydrogen-bond acceptors (Lipinski definition) is 2. The summed E-state index contributed by atoms with van der Waals surface area (Å²) in [6.45, 7) is 6.58. The van der Waals surface area contributed by atoms with Gasteiger partial charge in [-0.05, 0) is 31.0 Å². The molecular weight excluding hydrogens is 260 g/mol. The van der Waals surface area contributed by atoms with Crippen molar-refractivity contribution in [3.05, 3.63) is 53.5 Å². The number of benzene rings is 1. The van der Waals surface area contributed by atoms with Crippen LogP contribution >= 0.6 is 0 Å². The van der Waals surface area contributed by atoms with Crippen LogP contribution in [0.3, 0.4) is 0 Å². The van der Waals surface area contributed by atoms with Crippen molar-refractivity contribution in [2.75, 3.05) is 0 Å². The van der Waals surface area contributed by atoms with E-state index in [9.17, 15) is 0 Å². The highest BCUT2D eigenvalue weighted by molar-refractivity contribution is 5.84. The van der Waals surface area contributed by atoms with Crippen LogP contribution in [0.25, 0.3) is 10.9 Å². The summed E-state index contributed by atoms with van der Waals surface area (Å²) in [5, 5.41) is 5.88. The Hall–Kier alpha value is -2.07. The molecule has 0 bridgehead atoms. The summed E-state index contributed by atoms with van der Waals surface area (Å²) in [4.78, 5) is 0. The molecule has 2 heterocycles. The Morgan fingerprint density at radius 1 is 1.19 bits per heavy atom. The molecule has 21 heavy (non-hydrogen) atoms. The van der Waals surface area contributed by atoms with Gasteiger partial charge in [-0.25, -0.2) is 0 Å². The number of hydrogen-bond donors (Lipinski definition) is 1. The van der Waals surface area contributed by atoms with Crippen LogP contribution in [0.5, 0.6) is 0 Å². The molecule has 2 aromatic heterocycles. The molecule has 0 fully saturated rings. The number of fused-ring (bicyclic) bond motifs is 1. The molecule has 4 nitrogen and oxygen atoms in total. The quantitative estimate of drug-likeness (QED) is 0.782. The van der Waals surface area contributed by atoms with E-state index in [1.807, 2.05) is 0 Å². The maximum absolute atomic E-state index is 5.87. The summed E-state index contributed by atoms with van der Waals surface area (Å²) < 4.78 is 4.37. The van der Waals surface area contributed by atoms with Gasteiger partial charge in [0.25, 0.3) is 0 Å². The van der Waals surface area contributed by atoms with Crippen LogP contribution in [0, 0.1) is 0 Å². The molecule has 0 spiro atoms. The first-order valence-corrected chi connectivity index (χ1v) is 7.59. The summed E-state index contributed by atoms with van der Waals surface area (Å²) in [6, 6.07) is 10.6. The van der Waals surface area contributed by atoms with Gasteiger partial charge in [0.1, 0.15) is 0 Å². The molecule has 0 unspecified atom stereocenters. The van der Waals surface area contributed by atoms with E-state index in [4.69, 9.17) is 5.73 Å². The van der Waals surface area contributed by atoms with Crippen molar-refractivity contribution in [2.24, 2.45) is 5.73 Å². The van der Waals surface area contributed by atoms with Crippen molar-refractivity contribution in [3.8, 4) is 0 Å². The molecule has 0 amide bonds. The topological polar surface area (TPSA) is 48.8 Å². The van der Waals surface area contributed by atoms with E-state index in [2.05, 4.69) is 64.7 Å². The van der Waals surface area contributed by atoms with Crippen molar-refractivity contribution in [2.45, 2.75) is 39.9 Å². The van der Waals surface area contributed by atoms with E-state index in [0.717, 1.165) is 25.2 Å². The summed E-state index contributed by atoms with van der Waals surface area (Å²) in [5.74, 6) is 0. The van der Waals surface area contributed by atoms with Gasteiger partial charge in [-0.15, -0.1) is 0 Å². The van der Waals surface area contributed by atoms with Crippen LogP contribution in [-0.2, 0) is 26.1 Å². The van der Waals surface area contributed by atoms with Gasteiger partial charge in [0.05, 0.1) is 17.9 Å². The second-order valence-corrected chi connectivity index (χ2v) is 5.30. The molecular formula is C17H22N4. The van der Waals surface area contributed by atoms with Gasteiger partial charge in [-0.2, -0.15) is 5.10 Å². The van der Waals surface area contributed by atoms with E-state index in [1.54, 1.807) is 0 Å². The smallest absolute Gasteiger partial charge is 0.0645 e. The van der Waals surface area contributed by atoms with Crippen molar-refractivity contribution >= 4 is 10.9 Å².